The molecule has 0 aliphatic carbocycles. The molecule has 2 N–H and O–H groups in total. The normalized spacial score (nSPS) is 11.9. The summed E-state index contributed by atoms with van der Waals surface area (Å²) < 4.78 is 16.3. The predicted octanol–water partition coefficient (Wildman–Crippen LogP) is 3.61. The van der Waals surface area contributed by atoms with E-state index in [1.807, 2.05) is 12.1 Å². The zero-order valence-electron chi connectivity index (χ0n) is 15.2. The average Bonchev–Trinajstić information content (AvgIpc) is 2.60. The van der Waals surface area contributed by atoms with E-state index >= 15 is 0 Å². The summed E-state index contributed by atoms with van der Waals surface area (Å²) in [7, 11) is 4.87. The van der Waals surface area contributed by atoms with E-state index < -0.39 is 0 Å². The summed E-state index contributed by atoms with van der Waals surface area (Å²) in [6.45, 7) is 4.82. The number of benzene rings is 2. The van der Waals surface area contributed by atoms with Gasteiger partial charge in [-0.1, -0.05) is 23.8 Å². The minimum absolute atomic E-state index is 0.243. The van der Waals surface area contributed by atoms with E-state index in [1.54, 1.807) is 21.3 Å². The van der Waals surface area contributed by atoms with Gasteiger partial charge in [0.15, 0.2) is 11.5 Å². The zero-order valence-corrected chi connectivity index (χ0v) is 15.2. The molecule has 130 valence electrons. The molecule has 1 atom stereocenters. The van der Waals surface area contributed by atoms with E-state index in [1.165, 1.54) is 16.7 Å². The molecule has 2 rings (SSSR count). The lowest BCUT2D eigenvalue weighted by Crippen LogP contribution is -2.16. The Bertz CT molecular complexity index is 672. The van der Waals surface area contributed by atoms with Crippen molar-refractivity contribution in [2.75, 3.05) is 27.9 Å². The maximum atomic E-state index is 6.08. The van der Waals surface area contributed by atoms with Gasteiger partial charge in [-0.2, -0.15) is 0 Å². The quantitative estimate of drug-likeness (QED) is 0.843. The van der Waals surface area contributed by atoms with Gasteiger partial charge in [-0.15, -0.1) is 0 Å². The first-order chi connectivity index (χ1) is 11.5. The van der Waals surface area contributed by atoms with Gasteiger partial charge in [0, 0.05) is 5.92 Å². The fourth-order valence-electron chi connectivity index (χ4n) is 3.06. The Labute approximate surface area is 144 Å². The van der Waals surface area contributed by atoms with Crippen molar-refractivity contribution in [1.82, 2.24) is 0 Å². The molecule has 0 amide bonds. The minimum atomic E-state index is 0.243. The molecular weight excluding hydrogens is 302 g/mol. The van der Waals surface area contributed by atoms with Crippen LogP contribution in [0.2, 0.25) is 0 Å². The minimum Gasteiger partial charge on any atom is -0.493 e. The third-order valence-electron chi connectivity index (χ3n) is 4.37. The molecule has 0 heterocycles. The Morgan fingerprint density at radius 1 is 0.917 bits per heavy atom. The van der Waals surface area contributed by atoms with Gasteiger partial charge < -0.3 is 19.9 Å². The highest BCUT2D eigenvalue weighted by molar-refractivity contribution is 5.54. The maximum absolute atomic E-state index is 6.08. The lowest BCUT2D eigenvalue weighted by atomic mass is 9.88. The second kappa shape index (κ2) is 8.06. The average molecular weight is 329 g/mol. The molecule has 24 heavy (non-hydrogen) atoms. The fraction of sp³-hybridized carbons (Fsp3) is 0.400. The van der Waals surface area contributed by atoms with Crippen LogP contribution in [-0.4, -0.2) is 27.9 Å². The number of hydrogen-bond acceptors (Lipinski definition) is 4. The van der Waals surface area contributed by atoms with Gasteiger partial charge in [0.1, 0.15) is 0 Å². The first kappa shape index (κ1) is 18.1. The smallest absolute Gasteiger partial charge is 0.203 e. The monoisotopic (exact) mass is 329 g/mol. The topological polar surface area (TPSA) is 53.7 Å². The lowest BCUT2D eigenvalue weighted by molar-refractivity contribution is 0.323. The summed E-state index contributed by atoms with van der Waals surface area (Å²) in [5, 5.41) is 0. The van der Waals surface area contributed by atoms with Crippen molar-refractivity contribution in [2.24, 2.45) is 5.73 Å². The van der Waals surface area contributed by atoms with Crippen LogP contribution in [0.1, 0.15) is 28.2 Å². The molecule has 0 bridgehead atoms. The first-order valence-electron chi connectivity index (χ1n) is 8.10. The van der Waals surface area contributed by atoms with Gasteiger partial charge in [0.25, 0.3) is 0 Å². The molecule has 0 fully saturated rings. The summed E-state index contributed by atoms with van der Waals surface area (Å²) in [6.07, 6.45) is 0.817. The van der Waals surface area contributed by atoms with Gasteiger partial charge in [-0.25, -0.2) is 0 Å². The molecule has 2 aromatic rings. The molecule has 0 saturated heterocycles. The van der Waals surface area contributed by atoms with Crippen LogP contribution in [-0.2, 0) is 6.42 Å². The zero-order chi connectivity index (χ0) is 17.7. The Hall–Kier alpha value is -2.20. The van der Waals surface area contributed by atoms with E-state index in [0.29, 0.717) is 23.8 Å². The van der Waals surface area contributed by atoms with Gasteiger partial charge in [-0.05, 0) is 55.6 Å². The summed E-state index contributed by atoms with van der Waals surface area (Å²) in [6, 6.07) is 10.5. The maximum Gasteiger partial charge on any atom is 0.203 e. The number of ether oxygens (including phenoxy) is 3. The van der Waals surface area contributed by atoms with Crippen LogP contribution in [0.5, 0.6) is 17.2 Å². The van der Waals surface area contributed by atoms with Crippen LogP contribution in [0.4, 0.5) is 0 Å². The highest BCUT2D eigenvalue weighted by Gasteiger charge is 2.18. The van der Waals surface area contributed by atoms with Crippen molar-refractivity contribution in [2.45, 2.75) is 26.2 Å². The van der Waals surface area contributed by atoms with Crippen molar-refractivity contribution in [1.29, 1.82) is 0 Å². The molecule has 0 saturated carbocycles. The van der Waals surface area contributed by atoms with E-state index in [-0.39, 0.29) is 5.92 Å². The Morgan fingerprint density at radius 3 is 2.04 bits per heavy atom. The molecule has 0 spiro atoms. The SMILES string of the molecule is COc1cc(CC(CN)c2cc(C)ccc2C)cc(OC)c1OC. The molecule has 0 radical (unpaired) electrons. The Kier molecular flexibility index (Phi) is 6.10. The molecule has 0 aliphatic heterocycles. The van der Waals surface area contributed by atoms with Crippen molar-refractivity contribution in [3.05, 3.63) is 52.6 Å². The Morgan fingerprint density at radius 2 is 1.54 bits per heavy atom. The number of methoxy groups -OCH3 is 3. The number of hydrogen-bond donors (Lipinski definition) is 1. The highest BCUT2D eigenvalue weighted by Crippen LogP contribution is 2.39. The molecule has 2 aromatic carbocycles. The van der Waals surface area contributed by atoms with Crippen LogP contribution in [0, 0.1) is 13.8 Å². The van der Waals surface area contributed by atoms with Crippen molar-refractivity contribution < 1.29 is 14.2 Å². The van der Waals surface area contributed by atoms with Crippen molar-refractivity contribution >= 4 is 0 Å². The molecule has 4 heteroatoms. The second-order valence-electron chi connectivity index (χ2n) is 6.03. The van der Waals surface area contributed by atoms with E-state index in [0.717, 1.165) is 12.0 Å². The second-order valence-corrected chi connectivity index (χ2v) is 6.03. The van der Waals surface area contributed by atoms with Crippen LogP contribution in [0.3, 0.4) is 0 Å². The fourth-order valence-corrected chi connectivity index (χ4v) is 3.06. The molecule has 0 aromatic heterocycles. The largest absolute Gasteiger partial charge is 0.493 e. The number of aryl methyl sites for hydroxylation is 2. The molecule has 4 nitrogen and oxygen atoms in total. The molecule has 1 unspecified atom stereocenters. The van der Waals surface area contributed by atoms with E-state index in [4.69, 9.17) is 19.9 Å². The molecular formula is C20H27NO3. The van der Waals surface area contributed by atoms with Crippen LogP contribution >= 0.6 is 0 Å². The first-order valence-corrected chi connectivity index (χ1v) is 8.10. The standard InChI is InChI=1S/C20H27NO3/c1-13-6-7-14(2)17(8-13)16(12-21)9-15-10-18(22-3)20(24-5)19(11-15)23-4/h6-8,10-11,16H,9,12,21H2,1-5H3. The summed E-state index contributed by atoms with van der Waals surface area (Å²) in [5.74, 6) is 2.19. The highest BCUT2D eigenvalue weighted by atomic mass is 16.5. The summed E-state index contributed by atoms with van der Waals surface area (Å²) in [4.78, 5) is 0. The van der Waals surface area contributed by atoms with Gasteiger partial charge in [0.05, 0.1) is 21.3 Å². The van der Waals surface area contributed by atoms with Crippen LogP contribution < -0.4 is 19.9 Å². The van der Waals surface area contributed by atoms with Gasteiger partial charge >= 0.3 is 0 Å². The third-order valence-corrected chi connectivity index (χ3v) is 4.37. The summed E-state index contributed by atoms with van der Waals surface area (Å²) in [5.41, 5.74) is 11.0. The van der Waals surface area contributed by atoms with Crippen LogP contribution in [0.25, 0.3) is 0 Å². The molecule has 0 aliphatic rings. The van der Waals surface area contributed by atoms with Gasteiger partial charge in [0.2, 0.25) is 5.75 Å². The lowest BCUT2D eigenvalue weighted by Gasteiger charge is -2.20. The van der Waals surface area contributed by atoms with E-state index in [2.05, 4.69) is 32.0 Å². The predicted molar refractivity (Wildman–Crippen MR) is 97.5 cm³/mol. The third kappa shape index (κ3) is 3.82. The van der Waals surface area contributed by atoms with Crippen molar-refractivity contribution in [3.63, 3.8) is 0 Å². The number of nitrogens with two attached hydrogens (primary N) is 1. The summed E-state index contributed by atoms with van der Waals surface area (Å²) >= 11 is 0. The Balaban J connectivity index is 2.39. The van der Waals surface area contributed by atoms with Gasteiger partial charge in [-0.3, -0.25) is 0 Å². The van der Waals surface area contributed by atoms with E-state index in [9.17, 15) is 0 Å². The van der Waals surface area contributed by atoms with Crippen LogP contribution in [0.15, 0.2) is 30.3 Å². The number of rotatable bonds is 7. The van der Waals surface area contributed by atoms with Crippen molar-refractivity contribution in [3.8, 4) is 17.2 Å².